The molecule has 17 heavy (non-hydrogen) atoms. The quantitative estimate of drug-likeness (QED) is 0.794. The third-order valence-electron chi connectivity index (χ3n) is 2.96. The Morgan fingerprint density at radius 3 is 2.76 bits per heavy atom. The Labute approximate surface area is 97.7 Å². The summed E-state index contributed by atoms with van der Waals surface area (Å²) in [5.41, 5.74) is 0.825. The molecular weight excluding hydrogens is 225 g/mol. The highest BCUT2D eigenvalue weighted by Crippen LogP contribution is 2.30. The molecule has 0 spiro atoms. The van der Waals surface area contributed by atoms with E-state index < -0.39 is 23.6 Å². The van der Waals surface area contributed by atoms with E-state index >= 15 is 0 Å². The van der Waals surface area contributed by atoms with Crippen LogP contribution in [0.15, 0.2) is 18.2 Å². The first-order valence-corrected chi connectivity index (χ1v) is 5.31. The molecule has 2 rings (SSSR count). The first kappa shape index (κ1) is 11.6. The average molecular weight is 237 g/mol. The van der Waals surface area contributed by atoms with E-state index in [0.29, 0.717) is 5.56 Å². The van der Waals surface area contributed by atoms with Crippen LogP contribution < -0.4 is 4.90 Å². The summed E-state index contributed by atoms with van der Waals surface area (Å²) in [5.74, 6) is -3.23. The van der Waals surface area contributed by atoms with Gasteiger partial charge in [0.15, 0.2) is 0 Å². The van der Waals surface area contributed by atoms with Gasteiger partial charge in [-0.1, -0.05) is 12.1 Å². The molecule has 1 atom stereocenters. The number of benzene rings is 1. The first-order chi connectivity index (χ1) is 8.02. The third kappa shape index (κ3) is 1.88. The van der Waals surface area contributed by atoms with Crippen LogP contribution in [0.2, 0.25) is 0 Å². The van der Waals surface area contributed by atoms with E-state index in [1.165, 1.54) is 11.0 Å². The topological polar surface area (TPSA) is 57.6 Å². The highest BCUT2D eigenvalue weighted by atomic mass is 19.1. The van der Waals surface area contributed by atoms with Gasteiger partial charge in [-0.15, -0.1) is 0 Å². The van der Waals surface area contributed by atoms with Crippen molar-refractivity contribution >= 4 is 17.6 Å². The second-order valence-corrected chi connectivity index (χ2v) is 4.07. The van der Waals surface area contributed by atoms with Crippen LogP contribution in [0.4, 0.5) is 10.1 Å². The molecule has 0 aliphatic carbocycles. The summed E-state index contributed by atoms with van der Waals surface area (Å²) in [4.78, 5) is 23.9. The molecule has 1 amide bonds. The molecular formula is C12H12FNO3. The number of aryl methyl sites for hydroxylation is 1. The van der Waals surface area contributed by atoms with E-state index in [2.05, 4.69) is 0 Å². The van der Waals surface area contributed by atoms with Gasteiger partial charge < -0.3 is 10.0 Å². The van der Waals surface area contributed by atoms with Gasteiger partial charge in [0.1, 0.15) is 11.7 Å². The zero-order chi connectivity index (χ0) is 12.6. The monoisotopic (exact) mass is 237 g/mol. The van der Waals surface area contributed by atoms with Crippen molar-refractivity contribution in [2.24, 2.45) is 5.92 Å². The van der Waals surface area contributed by atoms with Crippen molar-refractivity contribution in [1.82, 2.24) is 0 Å². The molecule has 4 nitrogen and oxygen atoms in total. The molecule has 1 fully saturated rings. The Bertz CT molecular complexity index is 466. The molecule has 1 aromatic rings. The van der Waals surface area contributed by atoms with Crippen LogP contribution in [0.1, 0.15) is 12.0 Å². The predicted octanol–water partition coefficient (Wildman–Crippen LogP) is 1.57. The molecule has 1 aliphatic heterocycles. The number of para-hydroxylation sites is 1. The number of carbonyl (C=O) groups excluding carboxylic acids is 1. The molecule has 1 saturated heterocycles. The van der Waals surface area contributed by atoms with Crippen molar-refractivity contribution in [1.29, 1.82) is 0 Å². The Hall–Kier alpha value is -1.91. The Balaban J connectivity index is 2.37. The van der Waals surface area contributed by atoms with Gasteiger partial charge in [0, 0.05) is 6.54 Å². The number of halogens is 1. The van der Waals surface area contributed by atoms with Gasteiger partial charge in [0.25, 0.3) is 0 Å². The second-order valence-electron chi connectivity index (χ2n) is 4.07. The minimum Gasteiger partial charge on any atom is -0.481 e. The lowest BCUT2D eigenvalue weighted by Crippen LogP contribution is -2.31. The summed E-state index contributed by atoms with van der Waals surface area (Å²) in [5, 5.41) is 8.85. The lowest BCUT2D eigenvalue weighted by atomic mass is 10.1. The lowest BCUT2D eigenvalue weighted by molar-refractivity contribution is -0.144. The van der Waals surface area contributed by atoms with Crippen molar-refractivity contribution in [3.8, 4) is 0 Å². The number of aliphatic carboxylic acids is 1. The highest BCUT2D eigenvalue weighted by molar-refractivity contribution is 6.08. The number of anilines is 1. The molecule has 1 aromatic carbocycles. The molecule has 1 aliphatic rings. The first-order valence-electron chi connectivity index (χ1n) is 5.31. The number of carboxylic acid groups (broad SMARTS) is 1. The molecule has 0 aromatic heterocycles. The van der Waals surface area contributed by atoms with Gasteiger partial charge in [-0.3, -0.25) is 9.59 Å². The van der Waals surface area contributed by atoms with Crippen molar-refractivity contribution in [3.63, 3.8) is 0 Å². The Morgan fingerprint density at radius 2 is 2.24 bits per heavy atom. The van der Waals surface area contributed by atoms with Crippen molar-refractivity contribution in [2.75, 3.05) is 11.4 Å². The number of hydrogen-bond acceptors (Lipinski definition) is 2. The van der Waals surface area contributed by atoms with Crippen LogP contribution >= 0.6 is 0 Å². The van der Waals surface area contributed by atoms with Crippen LogP contribution in [0.3, 0.4) is 0 Å². The van der Waals surface area contributed by atoms with E-state index in [-0.39, 0.29) is 18.7 Å². The van der Waals surface area contributed by atoms with E-state index in [1.54, 1.807) is 19.1 Å². The number of amides is 1. The maximum Gasteiger partial charge on any atom is 0.316 e. The molecule has 90 valence electrons. The van der Waals surface area contributed by atoms with Crippen molar-refractivity contribution in [3.05, 3.63) is 29.6 Å². The van der Waals surface area contributed by atoms with Crippen molar-refractivity contribution in [2.45, 2.75) is 13.3 Å². The summed E-state index contributed by atoms with van der Waals surface area (Å²) in [6, 6.07) is 4.52. The lowest BCUT2D eigenvalue weighted by Gasteiger charge is -2.19. The molecule has 0 radical (unpaired) electrons. The fraction of sp³-hybridized carbons (Fsp3) is 0.333. The summed E-state index contributed by atoms with van der Waals surface area (Å²) in [6.45, 7) is 1.94. The van der Waals surface area contributed by atoms with Crippen molar-refractivity contribution < 1.29 is 19.1 Å². The normalized spacial score (nSPS) is 19.8. The highest BCUT2D eigenvalue weighted by Gasteiger charge is 2.38. The van der Waals surface area contributed by atoms with Gasteiger partial charge >= 0.3 is 5.97 Å². The van der Waals surface area contributed by atoms with E-state index in [9.17, 15) is 14.0 Å². The van der Waals surface area contributed by atoms with E-state index in [0.717, 1.165) is 0 Å². The van der Waals surface area contributed by atoms with E-state index in [4.69, 9.17) is 5.11 Å². The zero-order valence-electron chi connectivity index (χ0n) is 9.31. The SMILES string of the molecule is Cc1cccc(F)c1N1CCC(C(=O)O)C1=O. The number of nitrogens with zero attached hydrogens (tertiary/aromatic N) is 1. The second kappa shape index (κ2) is 4.16. The van der Waals surface area contributed by atoms with Crippen LogP contribution in [0.25, 0.3) is 0 Å². The standard InChI is InChI=1S/C12H12FNO3/c1-7-3-2-4-9(13)10(7)14-6-5-8(11(14)15)12(16)17/h2-4,8H,5-6H2,1H3,(H,16,17). The van der Waals surface area contributed by atoms with Crippen LogP contribution in [0, 0.1) is 18.7 Å². The summed E-state index contributed by atoms with van der Waals surface area (Å²) in [7, 11) is 0. The largest absolute Gasteiger partial charge is 0.481 e. The van der Waals surface area contributed by atoms with Gasteiger partial charge in [-0.25, -0.2) is 4.39 Å². The van der Waals surface area contributed by atoms with Crippen LogP contribution in [-0.4, -0.2) is 23.5 Å². The Morgan fingerprint density at radius 1 is 1.53 bits per heavy atom. The van der Waals surface area contributed by atoms with Crippen LogP contribution in [0.5, 0.6) is 0 Å². The zero-order valence-corrected chi connectivity index (χ0v) is 9.31. The smallest absolute Gasteiger partial charge is 0.316 e. The average Bonchev–Trinajstić information content (AvgIpc) is 2.61. The summed E-state index contributed by atoms with van der Waals surface area (Å²) < 4.78 is 13.7. The molecule has 1 N–H and O–H groups in total. The summed E-state index contributed by atoms with van der Waals surface area (Å²) in [6.07, 6.45) is 0.224. The van der Waals surface area contributed by atoms with Gasteiger partial charge in [-0.2, -0.15) is 0 Å². The number of carboxylic acids is 1. The molecule has 5 heteroatoms. The molecule has 1 heterocycles. The predicted molar refractivity (Wildman–Crippen MR) is 59.2 cm³/mol. The molecule has 1 unspecified atom stereocenters. The van der Waals surface area contributed by atoms with Gasteiger partial charge in [-0.05, 0) is 25.0 Å². The maximum absolute atomic E-state index is 13.7. The third-order valence-corrected chi connectivity index (χ3v) is 2.96. The fourth-order valence-corrected chi connectivity index (χ4v) is 2.10. The minimum atomic E-state index is -1.15. The summed E-state index contributed by atoms with van der Waals surface area (Å²) >= 11 is 0. The number of carbonyl (C=O) groups is 2. The van der Waals surface area contributed by atoms with Crippen LogP contribution in [-0.2, 0) is 9.59 Å². The fourth-order valence-electron chi connectivity index (χ4n) is 2.10. The number of rotatable bonds is 2. The molecule has 0 saturated carbocycles. The Kier molecular flexibility index (Phi) is 2.83. The maximum atomic E-state index is 13.7. The minimum absolute atomic E-state index is 0.196. The van der Waals surface area contributed by atoms with E-state index in [1.807, 2.05) is 0 Å². The molecule has 0 bridgehead atoms. The number of hydrogen-bond donors (Lipinski definition) is 1. The van der Waals surface area contributed by atoms with Gasteiger partial charge in [0.2, 0.25) is 5.91 Å². The van der Waals surface area contributed by atoms with Gasteiger partial charge in [0.05, 0.1) is 5.69 Å².